The minimum absolute atomic E-state index is 0.211. The first-order valence-electron chi connectivity index (χ1n) is 3.24. The number of hydrogen-bond acceptors (Lipinski definition) is 3. The van der Waals surface area contributed by atoms with E-state index in [1.807, 2.05) is 0 Å². The van der Waals surface area contributed by atoms with Crippen molar-refractivity contribution < 1.29 is 19.4 Å². The Morgan fingerprint density at radius 1 is 1.73 bits per heavy atom. The third-order valence-electron chi connectivity index (χ3n) is 1.61. The molecule has 0 aliphatic carbocycles. The Bertz CT molecular complexity index is 208. The molecular weight excluding hydrogens is 148 g/mol. The average molecular weight is 156 g/mol. The molecule has 11 heavy (non-hydrogen) atoms. The second kappa shape index (κ2) is 2.74. The quantitative estimate of drug-likeness (QED) is 0.462. The SMILES string of the molecule is O=CC1(C(=O)O)CCC=CO1. The predicted molar refractivity (Wildman–Crippen MR) is 35.9 cm³/mol. The molecule has 4 heteroatoms. The van der Waals surface area contributed by atoms with Crippen molar-refractivity contribution >= 4 is 12.3 Å². The second-order valence-electron chi connectivity index (χ2n) is 2.34. The van der Waals surface area contributed by atoms with E-state index in [0.29, 0.717) is 12.7 Å². The predicted octanol–water partition coefficient (Wildman–Crippen LogP) is 0.333. The lowest BCUT2D eigenvalue weighted by Crippen LogP contribution is -2.43. The summed E-state index contributed by atoms with van der Waals surface area (Å²) in [5.74, 6) is -1.23. The minimum Gasteiger partial charge on any atom is -0.478 e. The summed E-state index contributed by atoms with van der Waals surface area (Å²) < 4.78 is 4.73. The van der Waals surface area contributed by atoms with Crippen LogP contribution in [-0.4, -0.2) is 23.0 Å². The van der Waals surface area contributed by atoms with E-state index in [-0.39, 0.29) is 6.42 Å². The van der Waals surface area contributed by atoms with Crippen LogP contribution in [-0.2, 0) is 14.3 Å². The fourth-order valence-corrected chi connectivity index (χ4v) is 0.889. The van der Waals surface area contributed by atoms with Crippen LogP contribution in [0.5, 0.6) is 0 Å². The summed E-state index contributed by atoms with van der Waals surface area (Å²) >= 11 is 0. The molecule has 60 valence electrons. The zero-order chi connectivity index (χ0) is 8.32. The fraction of sp³-hybridized carbons (Fsp3) is 0.429. The van der Waals surface area contributed by atoms with E-state index in [9.17, 15) is 9.59 Å². The van der Waals surface area contributed by atoms with Crippen LogP contribution in [0.15, 0.2) is 12.3 Å². The Morgan fingerprint density at radius 2 is 2.45 bits per heavy atom. The minimum atomic E-state index is -1.63. The van der Waals surface area contributed by atoms with E-state index < -0.39 is 11.6 Å². The third kappa shape index (κ3) is 1.24. The number of allylic oxidation sites excluding steroid dienone is 1. The van der Waals surface area contributed by atoms with Crippen molar-refractivity contribution in [3.05, 3.63) is 12.3 Å². The van der Waals surface area contributed by atoms with E-state index in [1.165, 1.54) is 6.26 Å². The van der Waals surface area contributed by atoms with Gasteiger partial charge in [0.05, 0.1) is 6.26 Å². The van der Waals surface area contributed by atoms with Gasteiger partial charge >= 0.3 is 5.97 Å². The van der Waals surface area contributed by atoms with E-state index >= 15 is 0 Å². The van der Waals surface area contributed by atoms with Crippen LogP contribution in [0.4, 0.5) is 0 Å². The highest BCUT2D eigenvalue weighted by molar-refractivity contribution is 5.95. The monoisotopic (exact) mass is 156 g/mol. The molecule has 1 rings (SSSR count). The highest BCUT2D eigenvalue weighted by Crippen LogP contribution is 2.21. The van der Waals surface area contributed by atoms with Gasteiger partial charge in [-0.15, -0.1) is 0 Å². The molecule has 0 saturated heterocycles. The summed E-state index contributed by atoms with van der Waals surface area (Å²) in [4.78, 5) is 20.9. The zero-order valence-corrected chi connectivity index (χ0v) is 5.82. The molecule has 0 saturated carbocycles. The Kier molecular flexibility index (Phi) is 1.94. The van der Waals surface area contributed by atoms with Gasteiger partial charge in [-0.1, -0.05) is 0 Å². The van der Waals surface area contributed by atoms with Crippen LogP contribution in [0, 0.1) is 0 Å². The molecule has 0 aromatic heterocycles. The molecule has 0 amide bonds. The molecular formula is C7H8O4. The molecule has 0 radical (unpaired) electrons. The lowest BCUT2D eigenvalue weighted by Gasteiger charge is -2.24. The van der Waals surface area contributed by atoms with E-state index in [2.05, 4.69) is 0 Å². The van der Waals surface area contributed by atoms with Crippen LogP contribution in [0.2, 0.25) is 0 Å². The molecule has 1 N–H and O–H groups in total. The molecule has 1 heterocycles. The molecule has 0 aromatic rings. The molecule has 1 aliphatic heterocycles. The van der Waals surface area contributed by atoms with Gasteiger partial charge in [-0.3, -0.25) is 4.79 Å². The first-order valence-corrected chi connectivity index (χ1v) is 3.24. The smallest absolute Gasteiger partial charge is 0.355 e. The highest BCUT2D eigenvalue weighted by atomic mass is 16.5. The average Bonchev–Trinajstić information content (AvgIpc) is 2.05. The van der Waals surface area contributed by atoms with Crippen molar-refractivity contribution in [1.29, 1.82) is 0 Å². The Labute approximate surface area is 63.5 Å². The van der Waals surface area contributed by atoms with Crippen LogP contribution < -0.4 is 0 Å². The van der Waals surface area contributed by atoms with Crippen molar-refractivity contribution in [2.75, 3.05) is 0 Å². The largest absolute Gasteiger partial charge is 0.478 e. The number of aldehydes is 1. The van der Waals surface area contributed by atoms with Gasteiger partial charge in [-0.25, -0.2) is 4.79 Å². The van der Waals surface area contributed by atoms with Crippen molar-refractivity contribution in [1.82, 2.24) is 0 Å². The number of carbonyl (C=O) groups excluding carboxylic acids is 1. The summed E-state index contributed by atoms with van der Waals surface area (Å²) in [7, 11) is 0. The molecule has 1 aliphatic rings. The fourth-order valence-electron chi connectivity index (χ4n) is 0.889. The zero-order valence-electron chi connectivity index (χ0n) is 5.82. The lowest BCUT2D eigenvalue weighted by atomic mass is 9.98. The van der Waals surface area contributed by atoms with Crippen LogP contribution in [0.1, 0.15) is 12.8 Å². The van der Waals surface area contributed by atoms with Gasteiger partial charge in [0, 0.05) is 6.42 Å². The maximum Gasteiger partial charge on any atom is 0.355 e. The first kappa shape index (κ1) is 7.78. The molecule has 1 unspecified atom stereocenters. The van der Waals surface area contributed by atoms with Crippen molar-refractivity contribution in [3.63, 3.8) is 0 Å². The summed E-state index contributed by atoms with van der Waals surface area (Å²) in [5, 5.41) is 8.60. The Hall–Kier alpha value is -1.32. The summed E-state index contributed by atoms with van der Waals surface area (Å²) in [6, 6.07) is 0. The van der Waals surface area contributed by atoms with Gasteiger partial charge < -0.3 is 9.84 Å². The van der Waals surface area contributed by atoms with Crippen LogP contribution in [0.25, 0.3) is 0 Å². The van der Waals surface area contributed by atoms with Crippen LogP contribution >= 0.6 is 0 Å². The molecule has 1 atom stereocenters. The van der Waals surface area contributed by atoms with E-state index in [4.69, 9.17) is 9.84 Å². The highest BCUT2D eigenvalue weighted by Gasteiger charge is 2.40. The Morgan fingerprint density at radius 3 is 2.73 bits per heavy atom. The number of rotatable bonds is 2. The van der Waals surface area contributed by atoms with Gasteiger partial charge in [0.25, 0.3) is 5.60 Å². The third-order valence-corrected chi connectivity index (χ3v) is 1.61. The molecule has 0 spiro atoms. The first-order chi connectivity index (χ1) is 5.21. The van der Waals surface area contributed by atoms with Crippen LogP contribution in [0.3, 0.4) is 0 Å². The normalized spacial score (nSPS) is 29.1. The molecule has 4 nitrogen and oxygen atoms in total. The summed E-state index contributed by atoms with van der Waals surface area (Å²) in [6.45, 7) is 0. The maximum absolute atomic E-state index is 10.5. The number of hydrogen-bond donors (Lipinski definition) is 1. The number of carbonyl (C=O) groups is 2. The number of aliphatic carboxylic acids is 1. The van der Waals surface area contributed by atoms with Gasteiger partial charge in [0.2, 0.25) is 0 Å². The van der Waals surface area contributed by atoms with Crippen molar-refractivity contribution in [2.24, 2.45) is 0 Å². The number of carboxylic acid groups (broad SMARTS) is 1. The van der Waals surface area contributed by atoms with Gasteiger partial charge in [0.1, 0.15) is 0 Å². The number of ether oxygens (including phenoxy) is 1. The van der Waals surface area contributed by atoms with Crippen molar-refractivity contribution in [2.45, 2.75) is 18.4 Å². The molecule has 0 fully saturated rings. The standard InChI is InChI=1S/C7H8O4/c8-5-7(6(9)10)3-1-2-4-11-7/h2,4-5H,1,3H2,(H,9,10). The maximum atomic E-state index is 10.5. The van der Waals surface area contributed by atoms with Gasteiger partial charge in [0.15, 0.2) is 6.29 Å². The topological polar surface area (TPSA) is 63.6 Å². The van der Waals surface area contributed by atoms with E-state index in [0.717, 1.165) is 0 Å². The van der Waals surface area contributed by atoms with Gasteiger partial charge in [-0.2, -0.15) is 0 Å². The lowest BCUT2D eigenvalue weighted by molar-refractivity contribution is -0.162. The van der Waals surface area contributed by atoms with Crippen molar-refractivity contribution in [3.8, 4) is 0 Å². The Balaban J connectivity index is 2.83. The molecule has 0 aromatic carbocycles. The summed E-state index contributed by atoms with van der Waals surface area (Å²) in [5.41, 5.74) is -1.63. The number of carboxylic acids is 1. The van der Waals surface area contributed by atoms with Gasteiger partial charge in [-0.05, 0) is 12.5 Å². The summed E-state index contributed by atoms with van der Waals surface area (Å²) in [6.07, 6.45) is 4.04. The van der Waals surface area contributed by atoms with E-state index in [1.54, 1.807) is 6.08 Å². The second-order valence-corrected chi connectivity index (χ2v) is 2.34. The molecule has 0 bridgehead atoms.